The second kappa shape index (κ2) is 11.4. The van der Waals surface area contributed by atoms with E-state index >= 15 is 0 Å². The Kier molecular flexibility index (Phi) is 8.13. The van der Waals surface area contributed by atoms with E-state index in [2.05, 4.69) is 24.5 Å². The van der Waals surface area contributed by atoms with Crippen LogP contribution in [-0.2, 0) is 21.2 Å². The van der Waals surface area contributed by atoms with Crippen molar-refractivity contribution in [2.75, 3.05) is 47.2 Å². The monoisotopic (exact) mass is 606 g/mol. The highest BCUT2D eigenvalue weighted by molar-refractivity contribution is 7.92. The van der Waals surface area contributed by atoms with Gasteiger partial charge in [0.05, 0.1) is 10.6 Å². The number of amides is 1. The topological polar surface area (TPSA) is 98.7 Å². The number of aryl methyl sites for hydroxylation is 3. The van der Waals surface area contributed by atoms with Gasteiger partial charge in [-0.1, -0.05) is 23.2 Å². The van der Waals surface area contributed by atoms with Crippen molar-refractivity contribution in [3.63, 3.8) is 0 Å². The molecule has 2 aliphatic rings. The predicted molar refractivity (Wildman–Crippen MR) is 163 cm³/mol. The molecule has 5 rings (SSSR count). The van der Waals surface area contributed by atoms with E-state index in [0.29, 0.717) is 37.7 Å². The smallest absolute Gasteiger partial charge is 0.263 e. The van der Waals surface area contributed by atoms with Crippen LogP contribution in [0.4, 0.5) is 17.2 Å². The Balaban J connectivity index is 0.00000242. The minimum atomic E-state index is -3.89. The van der Waals surface area contributed by atoms with Crippen molar-refractivity contribution in [3.8, 4) is 0 Å². The molecule has 0 unspecified atom stereocenters. The normalized spacial score (nSPS) is 16.5. The number of nitrogens with one attached hydrogen (secondary N) is 1. The van der Waals surface area contributed by atoms with Gasteiger partial charge in [-0.3, -0.25) is 9.52 Å². The van der Waals surface area contributed by atoms with Crippen molar-refractivity contribution in [2.24, 2.45) is 0 Å². The van der Waals surface area contributed by atoms with Gasteiger partial charge in [-0.2, -0.15) is 0 Å². The van der Waals surface area contributed by atoms with Gasteiger partial charge < -0.3 is 14.7 Å². The summed E-state index contributed by atoms with van der Waals surface area (Å²) in [4.78, 5) is 28.1. The number of anilines is 3. The first-order valence-electron chi connectivity index (χ1n) is 13.3. The van der Waals surface area contributed by atoms with Gasteiger partial charge in [-0.15, -0.1) is 0 Å². The van der Waals surface area contributed by atoms with Crippen LogP contribution in [0.3, 0.4) is 0 Å². The van der Waals surface area contributed by atoms with Gasteiger partial charge in [0.25, 0.3) is 10.0 Å². The fourth-order valence-electron chi connectivity index (χ4n) is 5.37. The summed E-state index contributed by atoms with van der Waals surface area (Å²) in [5.74, 6) is 0.596. The van der Waals surface area contributed by atoms with Gasteiger partial charge in [0.1, 0.15) is 16.9 Å². The number of benzene rings is 2. The maximum Gasteiger partial charge on any atom is 0.263 e. The van der Waals surface area contributed by atoms with E-state index < -0.39 is 10.0 Å². The van der Waals surface area contributed by atoms with E-state index in [1.165, 1.54) is 5.56 Å². The van der Waals surface area contributed by atoms with Crippen LogP contribution in [0.15, 0.2) is 47.4 Å². The lowest BCUT2D eigenvalue weighted by molar-refractivity contribution is -0.132. The van der Waals surface area contributed by atoms with Crippen molar-refractivity contribution in [3.05, 3.63) is 69.6 Å². The SMILES string of the molecule is Cc1nc(C)c(Cl)c(NS(=O)(=O)c2ccc(N3CCN(C(=O)[C@@H](C)N4CCCc5cc(Cl)ccc54)CC3)cc2)n1.[HH].[HH]. The Morgan fingerprint density at radius 3 is 2.40 bits per heavy atom. The van der Waals surface area contributed by atoms with Gasteiger partial charge in [0.2, 0.25) is 5.91 Å². The molecule has 2 aliphatic heterocycles. The molecule has 9 nitrogen and oxygen atoms in total. The first kappa shape index (κ1) is 28.4. The molecule has 1 N–H and O–H groups in total. The summed E-state index contributed by atoms with van der Waals surface area (Å²) in [6.45, 7) is 8.69. The van der Waals surface area contributed by atoms with Gasteiger partial charge in [-0.25, -0.2) is 18.4 Å². The molecule has 1 amide bonds. The standard InChI is InChI=1S/C28H32Cl2N6O3S.2H2/c1-18-26(30)27(32-20(3)31-18)33-40(38,39)24-9-7-23(8-10-24)34-13-15-35(16-14-34)28(37)19(2)36-12-4-5-21-17-22(29)6-11-25(21)36;;/h6-11,17,19H,4-5,12-16H2,1-3H3,(H,31,32,33);2*1H/t19-;;/m1../s1. The summed E-state index contributed by atoms with van der Waals surface area (Å²) in [5.41, 5.74) is 3.67. The molecule has 1 aromatic heterocycles. The van der Waals surface area contributed by atoms with Crippen molar-refractivity contribution in [1.82, 2.24) is 14.9 Å². The first-order valence-corrected chi connectivity index (χ1v) is 15.5. The Morgan fingerprint density at radius 2 is 1.70 bits per heavy atom. The number of carbonyl (C=O) groups is 1. The van der Waals surface area contributed by atoms with Gasteiger partial charge in [0, 0.05) is 52.0 Å². The van der Waals surface area contributed by atoms with Crippen molar-refractivity contribution in [2.45, 2.75) is 44.6 Å². The fraction of sp³-hybridized carbons (Fsp3) is 0.393. The lowest BCUT2D eigenvalue weighted by Gasteiger charge is -2.41. The molecule has 1 saturated heterocycles. The van der Waals surface area contributed by atoms with Crippen LogP contribution in [0.1, 0.15) is 33.3 Å². The zero-order valence-electron chi connectivity index (χ0n) is 22.7. The average Bonchev–Trinajstić information content (AvgIpc) is 2.94. The van der Waals surface area contributed by atoms with E-state index in [-0.39, 0.29) is 30.5 Å². The molecule has 3 aromatic rings. The quantitative estimate of drug-likeness (QED) is 0.412. The van der Waals surface area contributed by atoms with Gasteiger partial charge in [-0.05, 0) is 81.6 Å². The molecule has 0 spiro atoms. The Labute approximate surface area is 248 Å². The Bertz CT molecular complexity index is 1540. The largest absolute Gasteiger partial charge is 0.368 e. The van der Waals surface area contributed by atoms with Crippen molar-refractivity contribution in [1.29, 1.82) is 0 Å². The highest BCUT2D eigenvalue weighted by Crippen LogP contribution is 2.32. The summed E-state index contributed by atoms with van der Waals surface area (Å²) in [7, 11) is -3.89. The zero-order chi connectivity index (χ0) is 28.6. The van der Waals surface area contributed by atoms with E-state index in [0.717, 1.165) is 35.8 Å². The number of hydrogen-bond donors (Lipinski definition) is 1. The Hall–Kier alpha value is -3.08. The molecule has 0 radical (unpaired) electrons. The summed E-state index contributed by atoms with van der Waals surface area (Å²) in [5, 5.41) is 0.888. The number of hydrogen-bond acceptors (Lipinski definition) is 7. The fourth-order valence-corrected chi connectivity index (χ4v) is 6.77. The van der Waals surface area contributed by atoms with E-state index in [1.807, 2.05) is 30.0 Å². The number of fused-ring (bicyclic) bond motifs is 1. The number of carbonyl (C=O) groups excluding carboxylic acids is 1. The molecule has 1 fully saturated rings. The third kappa shape index (κ3) is 5.84. The van der Waals surface area contributed by atoms with Crippen LogP contribution in [0.5, 0.6) is 0 Å². The van der Waals surface area contributed by atoms with E-state index in [9.17, 15) is 13.2 Å². The number of sulfonamides is 1. The summed E-state index contributed by atoms with van der Waals surface area (Å²) < 4.78 is 28.4. The zero-order valence-corrected chi connectivity index (χ0v) is 25.0. The lowest BCUT2D eigenvalue weighted by Crippen LogP contribution is -2.55. The third-order valence-electron chi connectivity index (χ3n) is 7.48. The summed E-state index contributed by atoms with van der Waals surface area (Å²) in [6.07, 6.45) is 1.96. The second-order valence-corrected chi connectivity index (χ2v) is 12.7. The third-order valence-corrected chi connectivity index (χ3v) is 9.53. The number of rotatable bonds is 6. The summed E-state index contributed by atoms with van der Waals surface area (Å²) >= 11 is 12.4. The van der Waals surface area contributed by atoms with Gasteiger partial charge in [0.15, 0.2) is 5.82 Å². The molecule has 40 heavy (non-hydrogen) atoms. The number of aromatic nitrogens is 2. The van der Waals surface area contributed by atoms with Crippen LogP contribution in [0.2, 0.25) is 10.0 Å². The molecular weight excluding hydrogens is 571 g/mol. The summed E-state index contributed by atoms with van der Waals surface area (Å²) in [6, 6.07) is 12.3. The molecule has 3 heterocycles. The lowest BCUT2D eigenvalue weighted by atomic mass is 10.00. The molecule has 1 atom stereocenters. The number of halogens is 2. The molecule has 0 aliphatic carbocycles. The van der Waals surface area contributed by atoms with Crippen LogP contribution in [0.25, 0.3) is 0 Å². The number of piperazine rings is 1. The highest BCUT2D eigenvalue weighted by Gasteiger charge is 2.31. The molecule has 216 valence electrons. The first-order chi connectivity index (χ1) is 19.0. The molecule has 12 heteroatoms. The van der Waals surface area contributed by atoms with E-state index in [4.69, 9.17) is 23.2 Å². The van der Waals surface area contributed by atoms with Crippen LogP contribution in [0, 0.1) is 13.8 Å². The van der Waals surface area contributed by atoms with Crippen LogP contribution >= 0.6 is 23.2 Å². The average molecular weight is 608 g/mol. The molecular formula is C28H36Cl2N6O3S. The minimum Gasteiger partial charge on any atom is -0.368 e. The van der Waals surface area contributed by atoms with Gasteiger partial charge >= 0.3 is 0 Å². The maximum absolute atomic E-state index is 13.4. The second-order valence-electron chi connectivity index (χ2n) is 10.2. The highest BCUT2D eigenvalue weighted by atomic mass is 35.5. The van der Waals surface area contributed by atoms with Crippen molar-refractivity contribution < 1.29 is 16.1 Å². The maximum atomic E-state index is 13.4. The van der Waals surface area contributed by atoms with Crippen LogP contribution < -0.4 is 14.5 Å². The predicted octanol–water partition coefficient (Wildman–Crippen LogP) is 5.18. The minimum absolute atomic E-state index is 0. The molecule has 0 saturated carbocycles. The van der Waals surface area contributed by atoms with E-state index in [1.54, 1.807) is 38.1 Å². The molecule has 2 aromatic carbocycles. The molecule has 0 bridgehead atoms. The number of nitrogens with zero attached hydrogens (tertiary/aromatic N) is 5. The van der Waals surface area contributed by atoms with Crippen molar-refractivity contribution >= 4 is 56.3 Å². The Morgan fingerprint density at radius 1 is 1.00 bits per heavy atom. The van der Waals surface area contributed by atoms with Crippen LogP contribution in [-0.4, -0.2) is 68.0 Å².